The van der Waals surface area contributed by atoms with Crippen LogP contribution in [0.4, 0.5) is 0 Å². The van der Waals surface area contributed by atoms with E-state index in [0.29, 0.717) is 17.9 Å². The first-order chi connectivity index (χ1) is 13.6. The summed E-state index contributed by atoms with van der Waals surface area (Å²) in [4.78, 5) is 15.1. The highest BCUT2D eigenvalue weighted by Gasteiger charge is 2.24. The van der Waals surface area contributed by atoms with Gasteiger partial charge in [0.1, 0.15) is 5.75 Å². The topological polar surface area (TPSA) is 41.6 Å². The third-order valence-electron chi connectivity index (χ3n) is 5.19. The van der Waals surface area contributed by atoms with Crippen LogP contribution in [0, 0.1) is 0 Å². The number of Topliss-reactive ketones (excluding diaryl/α,β-unsaturated/α-hetero) is 1. The number of ether oxygens (including phenoxy) is 1. The van der Waals surface area contributed by atoms with Crippen molar-refractivity contribution in [3.05, 3.63) is 63.1 Å². The monoisotopic (exact) mass is 464 g/mol. The Morgan fingerprint density at radius 2 is 1.96 bits per heavy atom. The van der Waals surface area contributed by atoms with Crippen LogP contribution in [0.25, 0.3) is 0 Å². The minimum Gasteiger partial charge on any atom is -0.496 e. The number of likely N-dealkylation sites (tertiary alicyclic amines) is 1. The Balaban J connectivity index is 1.65. The summed E-state index contributed by atoms with van der Waals surface area (Å²) in [5, 5.41) is 4.14. The zero-order valence-electron chi connectivity index (χ0n) is 16.1. The second-order valence-corrected chi connectivity index (χ2v) is 8.30. The maximum absolute atomic E-state index is 12.6. The van der Waals surface area contributed by atoms with E-state index in [2.05, 4.69) is 32.2 Å². The van der Waals surface area contributed by atoms with Crippen LogP contribution in [-0.4, -0.2) is 44.0 Å². The molecular weight excluding hydrogens is 440 g/mol. The highest BCUT2D eigenvalue weighted by molar-refractivity contribution is 9.10. The third-order valence-corrected chi connectivity index (χ3v) is 6.16. The smallest absolute Gasteiger partial charge is 0.176 e. The maximum Gasteiger partial charge on any atom is 0.176 e. The van der Waals surface area contributed by atoms with E-state index in [1.165, 1.54) is 19.3 Å². The van der Waals surface area contributed by atoms with Crippen LogP contribution in [0.2, 0.25) is 5.02 Å². The Morgan fingerprint density at radius 3 is 2.64 bits per heavy atom. The van der Waals surface area contributed by atoms with Gasteiger partial charge in [-0.1, -0.05) is 36.2 Å². The van der Waals surface area contributed by atoms with Crippen molar-refractivity contribution in [3.63, 3.8) is 0 Å². The number of rotatable bonds is 8. The standard InChI is InChI=1S/C22H26BrClN2O2/c1-28-22-10-9-16(13-18(22)23)21(27)15-25-14-20(26-11-5-2-6-12-26)17-7-3-4-8-19(17)24/h3-4,7-10,13,20,25H,2,5-6,11-12,14-15H2,1H3. The molecule has 0 amide bonds. The summed E-state index contributed by atoms with van der Waals surface area (Å²) in [6.07, 6.45) is 3.70. The normalized spacial score (nSPS) is 16.0. The Morgan fingerprint density at radius 1 is 1.21 bits per heavy atom. The minimum absolute atomic E-state index is 0.0555. The molecule has 1 N–H and O–H groups in total. The molecule has 0 saturated carbocycles. The number of methoxy groups -OCH3 is 1. The third kappa shape index (κ3) is 5.35. The van der Waals surface area contributed by atoms with Crippen LogP contribution in [0.1, 0.15) is 41.2 Å². The van der Waals surface area contributed by atoms with Crippen molar-refractivity contribution >= 4 is 33.3 Å². The van der Waals surface area contributed by atoms with Crippen molar-refractivity contribution in [1.29, 1.82) is 0 Å². The van der Waals surface area contributed by atoms with E-state index < -0.39 is 0 Å². The number of hydrogen-bond acceptors (Lipinski definition) is 4. The van der Waals surface area contributed by atoms with Gasteiger partial charge in [-0.2, -0.15) is 0 Å². The first-order valence-electron chi connectivity index (χ1n) is 9.66. The SMILES string of the molecule is COc1ccc(C(=O)CNCC(c2ccccc2Cl)N2CCCCC2)cc1Br. The van der Waals surface area contributed by atoms with Crippen molar-refractivity contribution in [2.45, 2.75) is 25.3 Å². The van der Waals surface area contributed by atoms with Gasteiger partial charge in [0.05, 0.1) is 18.1 Å². The second kappa shape index (κ2) is 10.4. The molecule has 2 aromatic rings. The molecule has 0 radical (unpaired) electrons. The molecule has 1 aliphatic heterocycles. The van der Waals surface area contributed by atoms with Crippen LogP contribution in [0.15, 0.2) is 46.9 Å². The molecule has 6 heteroatoms. The van der Waals surface area contributed by atoms with Gasteiger partial charge in [0.15, 0.2) is 5.78 Å². The maximum atomic E-state index is 12.6. The molecular formula is C22H26BrClN2O2. The highest BCUT2D eigenvalue weighted by atomic mass is 79.9. The number of benzene rings is 2. The largest absolute Gasteiger partial charge is 0.496 e. The summed E-state index contributed by atoms with van der Waals surface area (Å²) in [6.45, 7) is 3.11. The zero-order chi connectivity index (χ0) is 19.9. The van der Waals surface area contributed by atoms with Crippen LogP contribution in [-0.2, 0) is 0 Å². The molecule has 4 nitrogen and oxygen atoms in total. The van der Waals surface area contributed by atoms with Gasteiger partial charge in [-0.15, -0.1) is 0 Å². The first-order valence-corrected chi connectivity index (χ1v) is 10.8. The molecule has 1 saturated heterocycles. The van der Waals surface area contributed by atoms with Gasteiger partial charge in [-0.3, -0.25) is 9.69 Å². The molecule has 1 atom stereocenters. The molecule has 0 aromatic heterocycles. The van der Waals surface area contributed by atoms with Crippen molar-refractivity contribution in [2.24, 2.45) is 0 Å². The van der Waals surface area contributed by atoms with E-state index in [4.69, 9.17) is 16.3 Å². The van der Waals surface area contributed by atoms with Crippen LogP contribution >= 0.6 is 27.5 Å². The molecule has 1 heterocycles. The molecule has 1 fully saturated rings. The van der Waals surface area contributed by atoms with Gasteiger partial charge in [0, 0.05) is 23.2 Å². The Hall–Kier alpha value is -1.40. The fourth-order valence-corrected chi connectivity index (χ4v) is 4.48. The van der Waals surface area contributed by atoms with Gasteiger partial charge in [0.25, 0.3) is 0 Å². The second-order valence-electron chi connectivity index (χ2n) is 7.04. The predicted molar refractivity (Wildman–Crippen MR) is 118 cm³/mol. The molecule has 1 aliphatic rings. The van der Waals surface area contributed by atoms with E-state index in [0.717, 1.165) is 28.1 Å². The fourth-order valence-electron chi connectivity index (χ4n) is 3.68. The van der Waals surface area contributed by atoms with E-state index in [9.17, 15) is 4.79 Å². The van der Waals surface area contributed by atoms with Crippen molar-refractivity contribution in [3.8, 4) is 5.75 Å². The molecule has 0 spiro atoms. The first kappa shape index (κ1) is 21.3. The van der Waals surface area contributed by atoms with E-state index in [1.807, 2.05) is 18.2 Å². The van der Waals surface area contributed by atoms with Gasteiger partial charge in [-0.05, 0) is 71.7 Å². The quantitative estimate of drug-likeness (QED) is 0.550. The average Bonchev–Trinajstić information content (AvgIpc) is 2.72. The number of carbonyl (C=O) groups excluding carboxylic acids is 1. The van der Waals surface area contributed by atoms with Gasteiger partial charge in [-0.25, -0.2) is 0 Å². The molecule has 3 rings (SSSR count). The zero-order valence-corrected chi connectivity index (χ0v) is 18.4. The number of halogens is 2. The van der Waals surface area contributed by atoms with Crippen LogP contribution in [0.3, 0.4) is 0 Å². The highest BCUT2D eigenvalue weighted by Crippen LogP contribution is 2.29. The predicted octanol–water partition coefficient (Wildman–Crippen LogP) is 5.11. The van der Waals surface area contributed by atoms with Crippen LogP contribution in [0.5, 0.6) is 5.75 Å². The van der Waals surface area contributed by atoms with Gasteiger partial charge in [0.2, 0.25) is 0 Å². The molecule has 0 aliphatic carbocycles. The van der Waals surface area contributed by atoms with Crippen molar-refractivity contribution in [2.75, 3.05) is 33.3 Å². The molecule has 1 unspecified atom stereocenters. The average molecular weight is 466 g/mol. The summed E-state index contributed by atoms with van der Waals surface area (Å²) in [6, 6.07) is 13.6. The lowest BCUT2D eigenvalue weighted by atomic mass is 10.0. The number of carbonyl (C=O) groups is 1. The number of ketones is 1. The summed E-state index contributed by atoms with van der Waals surface area (Å²) in [5.74, 6) is 0.772. The Kier molecular flexibility index (Phi) is 7.91. The lowest BCUT2D eigenvalue weighted by Gasteiger charge is -2.35. The lowest BCUT2D eigenvalue weighted by Crippen LogP contribution is -2.40. The summed E-state index contributed by atoms with van der Waals surface area (Å²) >= 11 is 9.92. The molecule has 150 valence electrons. The Labute approximate surface area is 180 Å². The van der Waals surface area contributed by atoms with E-state index >= 15 is 0 Å². The van der Waals surface area contributed by atoms with Gasteiger partial charge >= 0.3 is 0 Å². The van der Waals surface area contributed by atoms with Crippen LogP contribution < -0.4 is 10.1 Å². The van der Waals surface area contributed by atoms with Gasteiger partial charge < -0.3 is 10.1 Å². The fraction of sp³-hybridized carbons (Fsp3) is 0.409. The minimum atomic E-state index is 0.0555. The summed E-state index contributed by atoms with van der Waals surface area (Å²) in [7, 11) is 1.61. The lowest BCUT2D eigenvalue weighted by molar-refractivity contribution is 0.0983. The van der Waals surface area contributed by atoms with Crippen molar-refractivity contribution < 1.29 is 9.53 Å². The molecule has 2 aromatic carbocycles. The van der Waals surface area contributed by atoms with E-state index in [-0.39, 0.29) is 18.4 Å². The number of piperidine rings is 1. The number of nitrogens with one attached hydrogen (secondary N) is 1. The number of hydrogen-bond donors (Lipinski definition) is 1. The van der Waals surface area contributed by atoms with Crippen molar-refractivity contribution in [1.82, 2.24) is 10.2 Å². The summed E-state index contributed by atoms with van der Waals surface area (Å²) < 4.78 is 6.01. The molecule has 0 bridgehead atoms. The Bertz CT molecular complexity index is 809. The number of nitrogens with zero attached hydrogens (tertiary/aromatic N) is 1. The van der Waals surface area contributed by atoms with E-state index in [1.54, 1.807) is 25.3 Å². The summed E-state index contributed by atoms with van der Waals surface area (Å²) in [5.41, 5.74) is 1.78. The molecule has 28 heavy (non-hydrogen) atoms.